The molecular weight excluding hydrogens is 292 g/mol. The van der Waals surface area contributed by atoms with Gasteiger partial charge in [0.05, 0.1) is 12.7 Å². The molecule has 0 fully saturated rings. The van der Waals surface area contributed by atoms with Gasteiger partial charge in [0.1, 0.15) is 0 Å². The topological polar surface area (TPSA) is 63.6 Å². The lowest BCUT2D eigenvalue weighted by Crippen LogP contribution is -2.03. The second kappa shape index (κ2) is 7.75. The van der Waals surface area contributed by atoms with E-state index >= 15 is 0 Å². The van der Waals surface area contributed by atoms with Gasteiger partial charge in [-0.2, -0.15) is 0 Å². The lowest BCUT2D eigenvalue weighted by molar-refractivity contribution is -0.136. The van der Waals surface area contributed by atoms with Crippen molar-refractivity contribution in [1.82, 2.24) is 0 Å². The summed E-state index contributed by atoms with van der Waals surface area (Å²) in [5, 5.41) is 9.06. The van der Waals surface area contributed by atoms with Crippen molar-refractivity contribution in [2.75, 3.05) is 7.11 Å². The smallest absolute Gasteiger partial charge is 0.335 e. The van der Waals surface area contributed by atoms with Gasteiger partial charge in [-0.05, 0) is 22.8 Å². The fourth-order valence-corrected chi connectivity index (χ4v) is 1.97. The molecule has 0 amide bonds. The molecule has 0 radical (unpaired) electrons. The normalized spacial score (nSPS) is 11.4. The van der Waals surface area contributed by atoms with Crippen molar-refractivity contribution in [3.05, 3.63) is 77.9 Å². The van der Waals surface area contributed by atoms with Gasteiger partial charge in [0, 0.05) is 6.08 Å². The fourth-order valence-electron chi connectivity index (χ4n) is 1.97. The molecule has 0 aliphatic heterocycles. The van der Waals surface area contributed by atoms with E-state index in [4.69, 9.17) is 5.11 Å². The number of carboxylic acid groups (broad SMARTS) is 1. The van der Waals surface area contributed by atoms with Gasteiger partial charge in [-0.15, -0.1) is 0 Å². The van der Waals surface area contributed by atoms with Crippen LogP contribution in [0.25, 0.3) is 17.2 Å². The van der Waals surface area contributed by atoms with E-state index in [2.05, 4.69) is 4.74 Å². The SMILES string of the molecule is COC(=O)/C=C(/C=C/c1ccc(-c2ccccc2)cc1)C(=O)O. The molecule has 1 N–H and O–H groups in total. The molecule has 2 aromatic rings. The summed E-state index contributed by atoms with van der Waals surface area (Å²) in [5.74, 6) is -1.89. The van der Waals surface area contributed by atoms with Gasteiger partial charge in [0.2, 0.25) is 0 Å². The third-order valence-corrected chi connectivity index (χ3v) is 3.19. The van der Waals surface area contributed by atoms with Gasteiger partial charge in [0.15, 0.2) is 0 Å². The van der Waals surface area contributed by atoms with Gasteiger partial charge < -0.3 is 9.84 Å². The van der Waals surface area contributed by atoms with Crippen LogP contribution in [0.1, 0.15) is 5.56 Å². The van der Waals surface area contributed by atoms with E-state index in [1.54, 1.807) is 6.08 Å². The van der Waals surface area contributed by atoms with Crippen molar-refractivity contribution < 1.29 is 19.4 Å². The molecule has 4 heteroatoms. The van der Waals surface area contributed by atoms with Crippen molar-refractivity contribution in [2.24, 2.45) is 0 Å². The zero-order chi connectivity index (χ0) is 16.7. The largest absolute Gasteiger partial charge is 0.478 e. The third-order valence-electron chi connectivity index (χ3n) is 3.19. The highest BCUT2D eigenvalue weighted by atomic mass is 16.5. The minimum absolute atomic E-state index is 0.135. The van der Waals surface area contributed by atoms with Gasteiger partial charge in [0.25, 0.3) is 0 Å². The number of carbonyl (C=O) groups excluding carboxylic acids is 1. The Morgan fingerprint density at radius 1 is 0.957 bits per heavy atom. The Morgan fingerprint density at radius 3 is 2.13 bits per heavy atom. The summed E-state index contributed by atoms with van der Waals surface area (Å²) < 4.78 is 4.44. The van der Waals surface area contributed by atoms with Crippen LogP contribution >= 0.6 is 0 Å². The van der Waals surface area contributed by atoms with Crippen LogP contribution in [0, 0.1) is 0 Å². The minimum Gasteiger partial charge on any atom is -0.478 e. The second-order valence-electron chi connectivity index (χ2n) is 4.75. The Labute approximate surface area is 134 Å². The Balaban J connectivity index is 2.18. The van der Waals surface area contributed by atoms with Crippen LogP contribution < -0.4 is 0 Å². The summed E-state index contributed by atoms with van der Waals surface area (Å²) in [6.45, 7) is 0. The zero-order valence-electron chi connectivity index (χ0n) is 12.6. The lowest BCUT2D eigenvalue weighted by atomic mass is 10.0. The monoisotopic (exact) mass is 308 g/mol. The molecule has 0 saturated carbocycles. The van der Waals surface area contributed by atoms with E-state index in [0.717, 1.165) is 22.8 Å². The maximum atomic E-state index is 11.1. The molecule has 0 aromatic heterocycles. The number of methoxy groups -OCH3 is 1. The lowest BCUT2D eigenvalue weighted by Gasteiger charge is -2.02. The van der Waals surface area contributed by atoms with E-state index in [1.807, 2.05) is 54.6 Å². The number of ether oxygens (including phenoxy) is 1. The highest BCUT2D eigenvalue weighted by molar-refractivity contribution is 5.98. The molecule has 0 aliphatic carbocycles. The van der Waals surface area contributed by atoms with Crippen molar-refractivity contribution in [3.63, 3.8) is 0 Å². The molecule has 0 spiro atoms. The average Bonchev–Trinajstić information content (AvgIpc) is 2.59. The number of rotatable bonds is 5. The molecule has 0 atom stereocenters. The molecule has 0 saturated heterocycles. The van der Waals surface area contributed by atoms with Crippen LogP contribution in [0.2, 0.25) is 0 Å². The van der Waals surface area contributed by atoms with Gasteiger partial charge in [-0.1, -0.05) is 60.7 Å². The highest BCUT2D eigenvalue weighted by Gasteiger charge is 2.06. The summed E-state index contributed by atoms with van der Waals surface area (Å²) >= 11 is 0. The molecule has 2 rings (SSSR count). The first-order chi connectivity index (χ1) is 11.1. The standard InChI is InChI=1S/C19H16O4/c1-23-18(20)13-17(19(21)22)12-9-14-7-10-16(11-8-14)15-5-3-2-4-6-15/h2-13H,1H3,(H,21,22)/b12-9+,17-13-. The summed E-state index contributed by atoms with van der Waals surface area (Å²) in [5.41, 5.74) is 2.89. The van der Waals surface area contributed by atoms with Crippen LogP contribution in [-0.4, -0.2) is 24.2 Å². The molecule has 23 heavy (non-hydrogen) atoms. The predicted octanol–water partition coefficient (Wildman–Crippen LogP) is 3.55. The Morgan fingerprint density at radius 2 is 1.57 bits per heavy atom. The van der Waals surface area contributed by atoms with Gasteiger partial charge in [-0.3, -0.25) is 0 Å². The summed E-state index contributed by atoms with van der Waals surface area (Å²) in [6, 6.07) is 17.6. The molecule has 0 aliphatic rings. The molecule has 0 unspecified atom stereocenters. The quantitative estimate of drug-likeness (QED) is 0.521. The summed E-state index contributed by atoms with van der Waals surface area (Å²) in [4.78, 5) is 22.2. The zero-order valence-corrected chi connectivity index (χ0v) is 12.6. The van der Waals surface area contributed by atoms with Crippen LogP contribution in [-0.2, 0) is 14.3 Å². The molecule has 4 nitrogen and oxygen atoms in total. The number of esters is 1. The summed E-state index contributed by atoms with van der Waals surface area (Å²) in [6.07, 6.45) is 3.95. The van der Waals surface area contributed by atoms with Crippen molar-refractivity contribution in [2.45, 2.75) is 0 Å². The average molecular weight is 308 g/mol. The molecule has 0 bridgehead atoms. The van der Waals surface area contributed by atoms with Crippen LogP contribution in [0.15, 0.2) is 72.3 Å². The molecule has 2 aromatic carbocycles. The number of hydrogen-bond acceptors (Lipinski definition) is 3. The molecule has 116 valence electrons. The van der Waals surface area contributed by atoms with Gasteiger partial charge >= 0.3 is 11.9 Å². The highest BCUT2D eigenvalue weighted by Crippen LogP contribution is 2.19. The number of aliphatic carboxylic acids is 1. The molecule has 0 heterocycles. The molecular formula is C19H16O4. The van der Waals surface area contributed by atoms with Crippen molar-refractivity contribution >= 4 is 18.0 Å². The number of benzene rings is 2. The third kappa shape index (κ3) is 4.68. The maximum absolute atomic E-state index is 11.1. The Hall–Kier alpha value is -3.14. The van der Waals surface area contributed by atoms with Crippen molar-refractivity contribution in [3.8, 4) is 11.1 Å². The number of carboxylic acids is 1. The van der Waals surface area contributed by atoms with E-state index < -0.39 is 11.9 Å². The van der Waals surface area contributed by atoms with Crippen LogP contribution in [0.3, 0.4) is 0 Å². The predicted molar refractivity (Wildman–Crippen MR) is 88.6 cm³/mol. The van der Waals surface area contributed by atoms with Crippen LogP contribution in [0.4, 0.5) is 0 Å². The first kappa shape index (κ1) is 16.2. The Bertz CT molecular complexity index is 741. The fraction of sp³-hybridized carbons (Fsp3) is 0.0526. The number of carbonyl (C=O) groups is 2. The Kier molecular flexibility index (Phi) is 5.47. The first-order valence-corrected chi connectivity index (χ1v) is 6.96. The van der Waals surface area contributed by atoms with E-state index in [1.165, 1.54) is 13.2 Å². The van der Waals surface area contributed by atoms with Crippen molar-refractivity contribution in [1.29, 1.82) is 0 Å². The van der Waals surface area contributed by atoms with Gasteiger partial charge in [-0.25, -0.2) is 9.59 Å². The van der Waals surface area contributed by atoms with E-state index in [0.29, 0.717) is 0 Å². The summed E-state index contributed by atoms with van der Waals surface area (Å²) in [7, 11) is 1.20. The maximum Gasteiger partial charge on any atom is 0.335 e. The minimum atomic E-state index is -1.19. The van der Waals surface area contributed by atoms with E-state index in [9.17, 15) is 9.59 Å². The van der Waals surface area contributed by atoms with E-state index in [-0.39, 0.29) is 5.57 Å². The number of hydrogen-bond donors (Lipinski definition) is 1. The first-order valence-electron chi connectivity index (χ1n) is 6.96. The van der Waals surface area contributed by atoms with Crippen LogP contribution in [0.5, 0.6) is 0 Å². The second-order valence-corrected chi connectivity index (χ2v) is 4.75.